The number of nitrogens with zero attached hydrogens (tertiary/aromatic N) is 4. The van der Waals surface area contributed by atoms with Gasteiger partial charge in [0.1, 0.15) is 0 Å². The van der Waals surface area contributed by atoms with Crippen LogP contribution >= 0.6 is 0 Å². The van der Waals surface area contributed by atoms with Gasteiger partial charge in [-0.2, -0.15) is 5.10 Å². The van der Waals surface area contributed by atoms with Gasteiger partial charge in [0, 0.05) is 52.4 Å². The number of likely N-dealkylation sites (tertiary alicyclic amines) is 1. The van der Waals surface area contributed by atoms with E-state index in [0.29, 0.717) is 24.2 Å². The van der Waals surface area contributed by atoms with Crippen LogP contribution in [0.5, 0.6) is 0 Å². The number of hydrogen-bond acceptors (Lipinski definition) is 3. The van der Waals surface area contributed by atoms with E-state index in [9.17, 15) is 9.59 Å². The zero-order valence-corrected chi connectivity index (χ0v) is 15.2. The van der Waals surface area contributed by atoms with E-state index in [-0.39, 0.29) is 11.9 Å². The number of urea groups is 1. The van der Waals surface area contributed by atoms with Crippen LogP contribution in [0.2, 0.25) is 0 Å². The van der Waals surface area contributed by atoms with Crippen molar-refractivity contribution in [3.63, 3.8) is 0 Å². The third-order valence-electron chi connectivity index (χ3n) is 4.42. The standard InChI is InChI=1S/C17H29N5O2/c1-13(2)5-9-22-10-7-16(19-22)18-17(24)20(4)11-15-6-8-21(12-15)14(3)23/h7,10,13,15H,5-6,8-9,11-12H2,1-4H3,(H,18,19,24)/t15-/m1/s1. The second-order valence-electron chi connectivity index (χ2n) is 7.08. The number of amides is 3. The Kier molecular flexibility index (Phi) is 6.23. The Balaban J connectivity index is 1.78. The van der Waals surface area contributed by atoms with Gasteiger partial charge in [0.2, 0.25) is 5.91 Å². The average Bonchev–Trinajstić information content (AvgIpc) is 3.14. The number of anilines is 1. The van der Waals surface area contributed by atoms with Crippen molar-refractivity contribution in [1.82, 2.24) is 19.6 Å². The molecule has 1 aliphatic heterocycles. The molecule has 1 aromatic rings. The first-order valence-corrected chi connectivity index (χ1v) is 8.66. The molecule has 2 rings (SSSR count). The maximum atomic E-state index is 12.3. The molecule has 0 spiro atoms. The number of rotatable bonds is 6. The third-order valence-corrected chi connectivity index (χ3v) is 4.42. The topological polar surface area (TPSA) is 70.5 Å². The van der Waals surface area contributed by atoms with Crippen LogP contribution in [0.1, 0.15) is 33.6 Å². The number of carbonyl (C=O) groups excluding carboxylic acids is 2. The van der Waals surface area contributed by atoms with Gasteiger partial charge < -0.3 is 9.80 Å². The van der Waals surface area contributed by atoms with Crippen molar-refractivity contribution in [1.29, 1.82) is 0 Å². The lowest BCUT2D eigenvalue weighted by Crippen LogP contribution is -2.36. The highest BCUT2D eigenvalue weighted by Gasteiger charge is 2.26. The molecule has 1 aliphatic rings. The maximum absolute atomic E-state index is 12.3. The Morgan fingerprint density at radius 3 is 2.83 bits per heavy atom. The number of aryl methyl sites for hydroxylation is 1. The van der Waals surface area contributed by atoms with E-state index in [4.69, 9.17) is 0 Å². The molecule has 2 heterocycles. The lowest BCUT2D eigenvalue weighted by atomic mass is 10.1. The lowest BCUT2D eigenvalue weighted by Gasteiger charge is -2.21. The fourth-order valence-electron chi connectivity index (χ4n) is 2.89. The molecule has 24 heavy (non-hydrogen) atoms. The quantitative estimate of drug-likeness (QED) is 0.867. The normalized spacial score (nSPS) is 17.4. The highest BCUT2D eigenvalue weighted by atomic mass is 16.2. The molecular weight excluding hydrogens is 306 g/mol. The summed E-state index contributed by atoms with van der Waals surface area (Å²) in [6.45, 7) is 8.96. The van der Waals surface area contributed by atoms with Gasteiger partial charge in [0.25, 0.3) is 0 Å². The fourth-order valence-corrected chi connectivity index (χ4v) is 2.89. The van der Waals surface area contributed by atoms with Gasteiger partial charge in [-0.3, -0.25) is 14.8 Å². The Morgan fingerprint density at radius 2 is 2.21 bits per heavy atom. The Hall–Kier alpha value is -2.05. The van der Waals surface area contributed by atoms with Gasteiger partial charge in [-0.15, -0.1) is 0 Å². The molecule has 0 aromatic carbocycles. The van der Waals surface area contributed by atoms with Crippen LogP contribution in [0.3, 0.4) is 0 Å². The van der Waals surface area contributed by atoms with Crippen LogP contribution in [-0.2, 0) is 11.3 Å². The monoisotopic (exact) mass is 335 g/mol. The van der Waals surface area contributed by atoms with Gasteiger partial charge in [0.05, 0.1) is 0 Å². The number of nitrogens with one attached hydrogen (secondary N) is 1. The van der Waals surface area contributed by atoms with Crippen LogP contribution in [0.4, 0.5) is 10.6 Å². The molecule has 1 atom stereocenters. The Bertz CT molecular complexity index is 569. The minimum atomic E-state index is -0.162. The van der Waals surface area contributed by atoms with Crippen LogP contribution in [0.25, 0.3) is 0 Å². The number of carbonyl (C=O) groups is 2. The van der Waals surface area contributed by atoms with E-state index >= 15 is 0 Å². The molecule has 0 saturated carbocycles. The van der Waals surface area contributed by atoms with E-state index in [1.165, 1.54) is 0 Å². The molecule has 1 N–H and O–H groups in total. The summed E-state index contributed by atoms with van der Waals surface area (Å²) in [5, 5.41) is 7.21. The van der Waals surface area contributed by atoms with E-state index < -0.39 is 0 Å². The van der Waals surface area contributed by atoms with Gasteiger partial charge in [-0.1, -0.05) is 13.8 Å². The maximum Gasteiger partial charge on any atom is 0.322 e. The predicted molar refractivity (Wildman–Crippen MR) is 93.7 cm³/mol. The summed E-state index contributed by atoms with van der Waals surface area (Å²) in [5.41, 5.74) is 0. The van der Waals surface area contributed by atoms with E-state index in [2.05, 4.69) is 24.3 Å². The SMILES string of the molecule is CC(=O)N1CC[C@H](CN(C)C(=O)Nc2ccn(CCC(C)C)n2)C1. The zero-order chi connectivity index (χ0) is 17.7. The minimum Gasteiger partial charge on any atom is -0.343 e. The van der Waals surface area contributed by atoms with Crippen molar-refractivity contribution in [2.24, 2.45) is 11.8 Å². The summed E-state index contributed by atoms with van der Waals surface area (Å²) in [7, 11) is 1.78. The molecule has 1 saturated heterocycles. The molecule has 134 valence electrons. The second-order valence-corrected chi connectivity index (χ2v) is 7.08. The van der Waals surface area contributed by atoms with Crippen molar-refractivity contribution in [2.75, 3.05) is 32.0 Å². The van der Waals surface area contributed by atoms with Gasteiger partial charge in [-0.25, -0.2) is 4.79 Å². The minimum absolute atomic E-state index is 0.108. The smallest absolute Gasteiger partial charge is 0.322 e. The summed E-state index contributed by atoms with van der Waals surface area (Å²) in [6, 6.07) is 1.66. The molecule has 1 aromatic heterocycles. The largest absolute Gasteiger partial charge is 0.343 e. The highest BCUT2D eigenvalue weighted by molar-refractivity contribution is 5.88. The summed E-state index contributed by atoms with van der Waals surface area (Å²) >= 11 is 0. The van der Waals surface area contributed by atoms with Crippen LogP contribution in [-0.4, -0.2) is 58.2 Å². The molecule has 3 amide bonds. The van der Waals surface area contributed by atoms with Gasteiger partial charge in [-0.05, 0) is 24.7 Å². The summed E-state index contributed by atoms with van der Waals surface area (Å²) in [4.78, 5) is 27.2. The molecule has 0 radical (unpaired) electrons. The number of aromatic nitrogens is 2. The molecule has 0 bridgehead atoms. The van der Waals surface area contributed by atoms with Gasteiger partial charge in [0.15, 0.2) is 5.82 Å². The Morgan fingerprint density at radius 1 is 1.46 bits per heavy atom. The molecule has 7 heteroatoms. The molecule has 0 aliphatic carbocycles. The predicted octanol–water partition coefficient (Wildman–Crippen LogP) is 2.26. The van der Waals surface area contributed by atoms with E-state index in [1.54, 1.807) is 18.9 Å². The average molecular weight is 335 g/mol. The summed E-state index contributed by atoms with van der Waals surface area (Å²) in [5.74, 6) is 1.65. The van der Waals surface area contributed by atoms with Crippen LogP contribution in [0.15, 0.2) is 12.3 Å². The molecular formula is C17H29N5O2. The first kappa shape index (κ1) is 18.3. The highest BCUT2D eigenvalue weighted by Crippen LogP contribution is 2.17. The molecule has 0 unspecified atom stereocenters. The van der Waals surface area contributed by atoms with Crippen molar-refractivity contribution >= 4 is 17.8 Å². The van der Waals surface area contributed by atoms with Crippen molar-refractivity contribution in [3.05, 3.63) is 12.3 Å². The number of hydrogen-bond donors (Lipinski definition) is 1. The van der Waals surface area contributed by atoms with E-state index in [0.717, 1.165) is 32.5 Å². The van der Waals surface area contributed by atoms with Gasteiger partial charge >= 0.3 is 6.03 Å². The second kappa shape index (κ2) is 8.17. The van der Waals surface area contributed by atoms with Crippen molar-refractivity contribution in [3.8, 4) is 0 Å². The molecule has 7 nitrogen and oxygen atoms in total. The van der Waals surface area contributed by atoms with Crippen molar-refractivity contribution < 1.29 is 9.59 Å². The zero-order valence-electron chi connectivity index (χ0n) is 15.2. The first-order chi connectivity index (χ1) is 11.3. The van der Waals surface area contributed by atoms with Crippen LogP contribution in [0, 0.1) is 11.8 Å². The Labute approximate surface area is 144 Å². The lowest BCUT2D eigenvalue weighted by molar-refractivity contribution is -0.127. The van der Waals surface area contributed by atoms with Crippen molar-refractivity contribution in [2.45, 2.75) is 40.2 Å². The summed E-state index contributed by atoms with van der Waals surface area (Å²) < 4.78 is 1.86. The van der Waals surface area contributed by atoms with E-state index in [1.807, 2.05) is 21.8 Å². The van der Waals surface area contributed by atoms with Crippen LogP contribution < -0.4 is 5.32 Å². The fraction of sp³-hybridized carbons (Fsp3) is 0.706. The summed E-state index contributed by atoms with van der Waals surface area (Å²) in [6.07, 6.45) is 3.89. The molecule has 1 fully saturated rings. The third kappa shape index (κ3) is 5.25. The first-order valence-electron chi connectivity index (χ1n) is 8.66.